The number of anilines is 1. The van der Waals surface area contributed by atoms with Gasteiger partial charge >= 0.3 is 0 Å². The van der Waals surface area contributed by atoms with E-state index in [0.717, 1.165) is 11.3 Å². The second kappa shape index (κ2) is 6.66. The fourth-order valence-electron chi connectivity index (χ4n) is 2.06. The van der Waals surface area contributed by atoms with Gasteiger partial charge in [0.1, 0.15) is 12.1 Å². The molecule has 0 spiro atoms. The van der Waals surface area contributed by atoms with Crippen LogP contribution in [0.1, 0.15) is 11.3 Å². The number of carbonyl (C=O) groups is 1. The highest BCUT2D eigenvalue weighted by atomic mass is 32.2. The molecule has 1 aromatic carbocycles. The number of aryl methyl sites for hydroxylation is 2. The van der Waals surface area contributed by atoms with E-state index in [4.69, 9.17) is 4.52 Å². The van der Waals surface area contributed by atoms with Gasteiger partial charge in [0.15, 0.2) is 11.0 Å². The lowest BCUT2D eigenvalue weighted by Crippen LogP contribution is -2.14. The molecule has 2 aromatic heterocycles. The predicted octanol–water partition coefficient (Wildman–Crippen LogP) is 2.60. The molecule has 0 aliphatic heterocycles. The summed E-state index contributed by atoms with van der Waals surface area (Å²) in [4.78, 5) is 12.0. The first-order valence-electron chi connectivity index (χ1n) is 6.95. The Kier molecular flexibility index (Phi) is 4.42. The van der Waals surface area contributed by atoms with Crippen molar-refractivity contribution in [2.45, 2.75) is 19.0 Å². The van der Waals surface area contributed by atoms with E-state index in [0.29, 0.717) is 16.7 Å². The van der Waals surface area contributed by atoms with Gasteiger partial charge in [-0.15, -0.1) is 10.2 Å². The number of thioether (sulfide) groups is 1. The number of aromatic nitrogens is 4. The fourth-order valence-corrected chi connectivity index (χ4v) is 2.78. The summed E-state index contributed by atoms with van der Waals surface area (Å²) in [5.41, 5.74) is 2.10. The molecule has 0 radical (unpaired) electrons. The summed E-state index contributed by atoms with van der Waals surface area (Å²) in [5, 5.41) is 15.1. The molecule has 0 aliphatic rings. The van der Waals surface area contributed by atoms with Gasteiger partial charge in [0.2, 0.25) is 5.91 Å². The zero-order chi connectivity index (χ0) is 16.2. The van der Waals surface area contributed by atoms with Crippen LogP contribution in [0, 0.1) is 13.8 Å². The molecule has 3 aromatic rings. The maximum atomic E-state index is 12.0. The Morgan fingerprint density at radius 2 is 2.17 bits per heavy atom. The minimum Gasteiger partial charge on any atom is -0.360 e. The molecule has 2 heterocycles. The molecule has 0 unspecified atom stereocenters. The number of nitrogens with zero attached hydrogens (tertiary/aromatic N) is 4. The third-order valence-corrected chi connectivity index (χ3v) is 4.06. The van der Waals surface area contributed by atoms with E-state index in [1.54, 1.807) is 19.3 Å². The third kappa shape index (κ3) is 3.59. The molecule has 0 saturated heterocycles. The molecule has 118 valence electrons. The van der Waals surface area contributed by atoms with E-state index in [-0.39, 0.29) is 11.7 Å². The average Bonchev–Trinajstić information content (AvgIpc) is 3.15. The summed E-state index contributed by atoms with van der Waals surface area (Å²) >= 11 is 1.31. The van der Waals surface area contributed by atoms with Crippen LogP contribution in [0.25, 0.3) is 5.69 Å². The first-order chi connectivity index (χ1) is 11.1. The highest BCUT2D eigenvalue weighted by Gasteiger charge is 2.12. The second-order valence-electron chi connectivity index (χ2n) is 4.93. The quantitative estimate of drug-likeness (QED) is 0.724. The summed E-state index contributed by atoms with van der Waals surface area (Å²) in [6.45, 7) is 3.78. The van der Waals surface area contributed by atoms with Crippen LogP contribution in [0.5, 0.6) is 0 Å². The topological polar surface area (TPSA) is 85.8 Å². The number of amides is 1. The van der Waals surface area contributed by atoms with Gasteiger partial charge < -0.3 is 9.84 Å². The highest BCUT2D eigenvalue weighted by Crippen LogP contribution is 2.21. The molecule has 0 aliphatic carbocycles. The van der Waals surface area contributed by atoms with E-state index >= 15 is 0 Å². The zero-order valence-electron chi connectivity index (χ0n) is 12.7. The number of hydrogen-bond acceptors (Lipinski definition) is 6. The van der Waals surface area contributed by atoms with E-state index in [2.05, 4.69) is 20.7 Å². The molecule has 1 amide bonds. The first kappa shape index (κ1) is 15.3. The van der Waals surface area contributed by atoms with E-state index in [9.17, 15) is 4.79 Å². The lowest BCUT2D eigenvalue weighted by Gasteiger charge is -2.08. The first-order valence-corrected chi connectivity index (χ1v) is 7.94. The van der Waals surface area contributed by atoms with Crippen LogP contribution in [0.2, 0.25) is 0 Å². The molecule has 0 atom stereocenters. The minimum absolute atomic E-state index is 0.178. The molecule has 23 heavy (non-hydrogen) atoms. The Bertz CT molecular complexity index is 827. The van der Waals surface area contributed by atoms with Crippen LogP contribution >= 0.6 is 11.8 Å². The van der Waals surface area contributed by atoms with Gasteiger partial charge in [0.05, 0.1) is 11.4 Å². The van der Waals surface area contributed by atoms with Crippen molar-refractivity contribution >= 4 is 23.5 Å². The Morgan fingerprint density at radius 1 is 1.35 bits per heavy atom. The van der Waals surface area contributed by atoms with Gasteiger partial charge in [0.25, 0.3) is 0 Å². The Balaban J connectivity index is 1.66. The third-order valence-electron chi connectivity index (χ3n) is 3.12. The highest BCUT2D eigenvalue weighted by molar-refractivity contribution is 7.99. The van der Waals surface area contributed by atoms with E-state index in [1.165, 1.54) is 11.8 Å². The van der Waals surface area contributed by atoms with Crippen molar-refractivity contribution in [1.82, 2.24) is 19.9 Å². The van der Waals surface area contributed by atoms with Crippen LogP contribution in [-0.2, 0) is 4.79 Å². The van der Waals surface area contributed by atoms with Crippen molar-refractivity contribution in [2.24, 2.45) is 0 Å². The molecule has 8 heteroatoms. The number of hydrogen-bond donors (Lipinski definition) is 1. The van der Waals surface area contributed by atoms with E-state index < -0.39 is 0 Å². The van der Waals surface area contributed by atoms with Crippen molar-refractivity contribution in [3.63, 3.8) is 0 Å². The van der Waals surface area contributed by atoms with Crippen LogP contribution in [0.15, 0.2) is 46.3 Å². The normalized spacial score (nSPS) is 10.7. The Hall–Kier alpha value is -2.61. The Morgan fingerprint density at radius 3 is 2.91 bits per heavy atom. The summed E-state index contributed by atoms with van der Waals surface area (Å²) < 4.78 is 6.78. The second-order valence-corrected chi connectivity index (χ2v) is 5.87. The SMILES string of the molecule is Cc1cc(NC(=O)CSc2nncn2-c2ccccc2C)no1. The van der Waals surface area contributed by atoms with Crippen molar-refractivity contribution < 1.29 is 9.32 Å². The van der Waals surface area contributed by atoms with Gasteiger partial charge in [-0.25, -0.2) is 0 Å². The molecule has 0 fully saturated rings. The van der Waals surface area contributed by atoms with Crippen molar-refractivity contribution in [1.29, 1.82) is 0 Å². The number of rotatable bonds is 5. The standard InChI is InChI=1S/C15H15N5O2S/c1-10-5-3-4-6-12(10)20-9-16-18-15(20)23-8-14(21)17-13-7-11(2)22-19-13/h3-7,9H,8H2,1-2H3,(H,17,19,21). The lowest BCUT2D eigenvalue weighted by atomic mass is 10.2. The monoisotopic (exact) mass is 329 g/mol. The number of nitrogens with one attached hydrogen (secondary N) is 1. The van der Waals surface area contributed by atoms with Crippen molar-refractivity contribution in [3.8, 4) is 5.69 Å². The smallest absolute Gasteiger partial charge is 0.236 e. The summed E-state index contributed by atoms with van der Waals surface area (Å²) in [6.07, 6.45) is 1.64. The lowest BCUT2D eigenvalue weighted by molar-refractivity contribution is -0.113. The summed E-state index contributed by atoms with van der Waals surface area (Å²) in [5.74, 6) is 1.08. The average molecular weight is 329 g/mol. The molecule has 0 saturated carbocycles. The predicted molar refractivity (Wildman–Crippen MR) is 86.7 cm³/mol. The molecule has 0 bridgehead atoms. The van der Waals surface area contributed by atoms with Crippen LogP contribution in [0.4, 0.5) is 5.82 Å². The Labute approximate surface area is 137 Å². The molecule has 3 rings (SSSR count). The van der Waals surface area contributed by atoms with Gasteiger partial charge in [-0.1, -0.05) is 35.1 Å². The molecule has 1 N–H and O–H groups in total. The van der Waals surface area contributed by atoms with Crippen LogP contribution < -0.4 is 5.32 Å². The summed E-state index contributed by atoms with van der Waals surface area (Å²) in [6, 6.07) is 9.60. The molecular weight excluding hydrogens is 314 g/mol. The fraction of sp³-hybridized carbons (Fsp3) is 0.200. The van der Waals surface area contributed by atoms with Crippen molar-refractivity contribution in [3.05, 3.63) is 48.0 Å². The van der Waals surface area contributed by atoms with Crippen LogP contribution in [0.3, 0.4) is 0 Å². The summed E-state index contributed by atoms with van der Waals surface area (Å²) in [7, 11) is 0. The number of carbonyl (C=O) groups excluding carboxylic acids is 1. The number of benzene rings is 1. The molecule has 7 nitrogen and oxygen atoms in total. The van der Waals surface area contributed by atoms with Gasteiger partial charge in [-0.2, -0.15) is 0 Å². The minimum atomic E-state index is -0.178. The van der Waals surface area contributed by atoms with Crippen molar-refractivity contribution in [2.75, 3.05) is 11.1 Å². The maximum Gasteiger partial charge on any atom is 0.236 e. The number of para-hydroxylation sites is 1. The van der Waals surface area contributed by atoms with Gasteiger partial charge in [0, 0.05) is 6.07 Å². The van der Waals surface area contributed by atoms with Crippen LogP contribution in [-0.4, -0.2) is 31.6 Å². The van der Waals surface area contributed by atoms with E-state index in [1.807, 2.05) is 35.8 Å². The van der Waals surface area contributed by atoms with Gasteiger partial charge in [-0.3, -0.25) is 9.36 Å². The maximum absolute atomic E-state index is 12.0. The van der Waals surface area contributed by atoms with Gasteiger partial charge in [-0.05, 0) is 25.5 Å². The largest absolute Gasteiger partial charge is 0.360 e. The molecular formula is C15H15N5O2S. The zero-order valence-corrected chi connectivity index (χ0v) is 13.5.